The first-order chi connectivity index (χ1) is 9.79. The van der Waals surface area contributed by atoms with Crippen LogP contribution in [0.1, 0.15) is 22.6 Å². The maximum atomic E-state index is 12.4. The molecule has 1 N–H and O–H groups in total. The van der Waals surface area contributed by atoms with E-state index in [0.29, 0.717) is 17.0 Å². The minimum Gasteiger partial charge on any atom is -0.346 e. The molecule has 0 radical (unpaired) electrons. The van der Waals surface area contributed by atoms with E-state index in [1.807, 2.05) is 24.3 Å². The summed E-state index contributed by atoms with van der Waals surface area (Å²) < 4.78 is 1.08. The molecule has 1 atom stereocenters. The Hall–Kier alpha value is -1.46. The van der Waals surface area contributed by atoms with Gasteiger partial charge in [-0.25, -0.2) is 4.98 Å². The van der Waals surface area contributed by atoms with Crippen molar-refractivity contribution >= 4 is 27.5 Å². The van der Waals surface area contributed by atoms with E-state index in [2.05, 4.69) is 15.2 Å². The fraction of sp³-hybridized carbons (Fsp3) is 0.467. The van der Waals surface area contributed by atoms with Gasteiger partial charge in [-0.3, -0.25) is 4.79 Å². The standard InChI is InChI=1S/C15H17N3OS/c19-14(15-17-11-3-1-2-4-13(11)20-15)16-12-9-18-7-5-10(12)6-8-18/h1-4,10,12H,5-9H2,(H,16,19). The molecule has 0 spiro atoms. The first kappa shape index (κ1) is 12.3. The molecule has 2 bridgehead atoms. The molecule has 3 fully saturated rings. The quantitative estimate of drug-likeness (QED) is 0.920. The number of hydrogen-bond acceptors (Lipinski definition) is 4. The highest BCUT2D eigenvalue weighted by Gasteiger charge is 2.35. The molecule has 5 rings (SSSR count). The number of aromatic nitrogens is 1. The number of carbonyl (C=O) groups is 1. The molecule has 3 saturated heterocycles. The van der Waals surface area contributed by atoms with Crippen LogP contribution in [0.3, 0.4) is 0 Å². The van der Waals surface area contributed by atoms with Gasteiger partial charge in [0.2, 0.25) is 0 Å². The molecule has 1 amide bonds. The van der Waals surface area contributed by atoms with Gasteiger partial charge in [0, 0.05) is 12.6 Å². The normalized spacial score (nSPS) is 28.7. The van der Waals surface area contributed by atoms with Crippen LogP contribution >= 0.6 is 11.3 Å². The predicted octanol–water partition coefficient (Wildman–Crippen LogP) is 2.12. The Morgan fingerprint density at radius 1 is 1.30 bits per heavy atom. The molecule has 0 saturated carbocycles. The largest absolute Gasteiger partial charge is 0.346 e. The van der Waals surface area contributed by atoms with E-state index >= 15 is 0 Å². The second-order valence-electron chi connectivity index (χ2n) is 5.70. The summed E-state index contributed by atoms with van der Waals surface area (Å²) in [5, 5.41) is 3.78. The van der Waals surface area contributed by atoms with Crippen molar-refractivity contribution in [1.29, 1.82) is 0 Å². The number of hydrogen-bond donors (Lipinski definition) is 1. The van der Waals surface area contributed by atoms with Crippen molar-refractivity contribution in [3.63, 3.8) is 0 Å². The lowest BCUT2D eigenvalue weighted by Gasteiger charge is -2.44. The average molecular weight is 287 g/mol. The van der Waals surface area contributed by atoms with Gasteiger partial charge in [-0.1, -0.05) is 12.1 Å². The van der Waals surface area contributed by atoms with Crippen molar-refractivity contribution in [2.45, 2.75) is 18.9 Å². The van der Waals surface area contributed by atoms with Gasteiger partial charge < -0.3 is 10.2 Å². The Labute approximate surface area is 121 Å². The summed E-state index contributed by atoms with van der Waals surface area (Å²) in [5.74, 6) is 0.642. The lowest BCUT2D eigenvalue weighted by Crippen LogP contribution is -2.57. The first-order valence-electron chi connectivity index (χ1n) is 7.18. The predicted molar refractivity (Wildman–Crippen MR) is 80.0 cm³/mol. The van der Waals surface area contributed by atoms with E-state index in [0.717, 1.165) is 16.8 Å². The van der Waals surface area contributed by atoms with Crippen LogP contribution in [0.4, 0.5) is 0 Å². The van der Waals surface area contributed by atoms with Crippen molar-refractivity contribution in [2.24, 2.45) is 5.92 Å². The minimum atomic E-state index is -0.00931. The van der Waals surface area contributed by atoms with Crippen LogP contribution in [0, 0.1) is 5.92 Å². The minimum absolute atomic E-state index is 0.00931. The highest BCUT2D eigenvalue weighted by molar-refractivity contribution is 7.20. The molecule has 5 heteroatoms. The Bertz CT molecular complexity index is 612. The van der Waals surface area contributed by atoms with E-state index in [1.165, 1.54) is 37.3 Å². The number of thiazole rings is 1. The van der Waals surface area contributed by atoms with Gasteiger partial charge in [0.15, 0.2) is 5.01 Å². The number of nitrogens with zero attached hydrogens (tertiary/aromatic N) is 2. The monoisotopic (exact) mass is 287 g/mol. The summed E-state index contributed by atoms with van der Waals surface area (Å²) >= 11 is 1.48. The fourth-order valence-corrected chi connectivity index (χ4v) is 4.20. The smallest absolute Gasteiger partial charge is 0.280 e. The molecule has 1 aromatic carbocycles. The zero-order chi connectivity index (χ0) is 13.5. The van der Waals surface area contributed by atoms with Gasteiger partial charge in [0.1, 0.15) is 0 Å². The van der Waals surface area contributed by atoms with Crippen molar-refractivity contribution in [3.8, 4) is 0 Å². The molecule has 0 aliphatic carbocycles. The van der Waals surface area contributed by atoms with Gasteiger partial charge in [-0.15, -0.1) is 11.3 Å². The number of amides is 1. The molecule has 1 unspecified atom stereocenters. The zero-order valence-electron chi connectivity index (χ0n) is 11.2. The molecule has 4 nitrogen and oxygen atoms in total. The number of fused-ring (bicyclic) bond motifs is 4. The Morgan fingerprint density at radius 2 is 2.10 bits per heavy atom. The summed E-state index contributed by atoms with van der Waals surface area (Å²) in [4.78, 5) is 19.3. The van der Waals surface area contributed by atoms with E-state index < -0.39 is 0 Å². The summed E-state index contributed by atoms with van der Waals surface area (Å²) in [6.07, 6.45) is 2.43. The molecule has 4 heterocycles. The third-order valence-electron chi connectivity index (χ3n) is 4.46. The maximum absolute atomic E-state index is 12.4. The molecule has 3 aliphatic heterocycles. The zero-order valence-corrected chi connectivity index (χ0v) is 12.0. The van der Waals surface area contributed by atoms with Crippen LogP contribution < -0.4 is 5.32 Å². The molecule has 1 aromatic heterocycles. The summed E-state index contributed by atoms with van der Waals surface area (Å²) in [5.41, 5.74) is 0.913. The molecule has 20 heavy (non-hydrogen) atoms. The maximum Gasteiger partial charge on any atom is 0.280 e. The third kappa shape index (κ3) is 2.11. The first-order valence-corrected chi connectivity index (χ1v) is 8.00. The summed E-state index contributed by atoms with van der Waals surface area (Å²) in [6, 6.07) is 8.21. The fourth-order valence-electron chi connectivity index (χ4n) is 3.33. The van der Waals surface area contributed by atoms with Crippen molar-refractivity contribution in [3.05, 3.63) is 29.3 Å². The van der Waals surface area contributed by atoms with E-state index in [1.54, 1.807) is 0 Å². The van der Waals surface area contributed by atoms with E-state index in [4.69, 9.17) is 0 Å². The summed E-state index contributed by atoms with van der Waals surface area (Å²) in [6.45, 7) is 3.39. The highest BCUT2D eigenvalue weighted by atomic mass is 32.1. The molecule has 104 valence electrons. The molecule has 3 aliphatic rings. The number of benzene rings is 1. The number of carbonyl (C=O) groups excluding carboxylic acids is 1. The number of nitrogens with one attached hydrogen (secondary N) is 1. The molecule has 2 aromatic rings. The number of rotatable bonds is 2. The Morgan fingerprint density at radius 3 is 2.80 bits per heavy atom. The van der Waals surface area contributed by atoms with Crippen LogP contribution in [0.5, 0.6) is 0 Å². The highest BCUT2D eigenvalue weighted by Crippen LogP contribution is 2.28. The summed E-state index contributed by atoms with van der Waals surface area (Å²) in [7, 11) is 0. The Kier molecular flexibility index (Phi) is 2.97. The van der Waals surface area contributed by atoms with Crippen LogP contribution in [0.2, 0.25) is 0 Å². The van der Waals surface area contributed by atoms with E-state index in [-0.39, 0.29) is 5.91 Å². The van der Waals surface area contributed by atoms with Gasteiger partial charge >= 0.3 is 0 Å². The van der Waals surface area contributed by atoms with Crippen molar-refractivity contribution in [2.75, 3.05) is 19.6 Å². The van der Waals surface area contributed by atoms with Gasteiger partial charge in [-0.2, -0.15) is 0 Å². The van der Waals surface area contributed by atoms with Crippen LogP contribution in [-0.4, -0.2) is 41.5 Å². The second kappa shape index (κ2) is 4.82. The van der Waals surface area contributed by atoms with Crippen molar-refractivity contribution in [1.82, 2.24) is 15.2 Å². The van der Waals surface area contributed by atoms with Crippen LogP contribution in [0.15, 0.2) is 24.3 Å². The lowest BCUT2D eigenvalue weighted by molar-refractivity contribution is 0.0620. The molecular formula is C15H17N3OS. The molecular weight excluding hydrogens is 270 g/mol. The second-order valence-corrected chi connectivity index (χ2v) is 6.74. The van der Waals surface area contributed by atoms with E-state index in [9.17, 15) is 4.79 Å². The topological polar surface area (TPSA) is 45.2 Å². The third-order valence-corrected chi connectivity index (χ3v) is 5.50. The van der Waals surface area contributed by atoms with Gasteiger partial charge in [-0.05, 0) is 44.0 Å². The van der Waals surface area contributed by atoms with Gasteiger partial charge in [0.05, 0.1) is 10.2 Å². The van der Waals surface area contributed by atoms with Crippen LogP contribution in [-0.2, 0) is 0 Å². The SMILES string of the molecule is O=C(NC1CN2CCC1CC2)c1nc2ccccc2s1. The number of piperidine rings is 3. The Balaban J connectivity index is 1.52. The average Bonchev–Trinajstić information content (AvgIpc) is 2.92. The van der Waals surface area contributed by atoms with Crippen molar-refractivity contribution < 1.29 is 4.79 Å². The van der Waals surface area contributed by atoms with Crippen LogP contribution in [0.25, 0.3) is 10.2 Å². The lowest BCUT2D eigenvalue weighted by atomic mass is 9.84. The number of para-hydroxylation sites is 1. The van der Waals surface area contributed by atoms with Gasteiger partial charge in [0.25, 0.3) is 5.91 Å².